The maximum absolute atomic E-state index is 6.07. The van der Waals surface area contributed by atoms with E-state index in [1.54, 1.807) is 26.4 Å². The van der Waals surface area contributed by atoms with Crippen molar-refractivity contribution in [3.63, 3.8) is 0 Å². The van der Waals surface area contributed by atoms with Crippen LogP contribution in [0.1, 0.15) is 11.1 Å². The molecule has 5 nitrogen and oxygen atoms in total. The fraction of sp³-hybridized carbons (Fsp3) is 0.235. The van der Waals surface area contributed by atoms with Gasteiger partial charge >= 0.3 is 0 Å². The first-order valence-electron chi connectivity index (χ1n) is 7.07. The molecule has 0 fully saturated rings. The number of guanidine groups is 1. The molecule has 0 aliphatic carbocycles. The van der Waals surface area contributed by atoms with Crippen LogP contribution in [0.4, 0.5) is 5.69 Å². The first-order chi connectivity index (χ1) is 11.0. The number of aryl methyl sites for hydroxylation is 1. The van der Waals surface area contributed by atoms with E-state index in [1.165, 1.54) is 0 Å². The Morgan fingerprint density at radius 2 is 1.83 bits per heavy atom. The van der Waals surface area contributed by atoms with Crippen LogP contribution in [0, 0.1) is 6.92 Å². The minimum absolute atomic E-state index is 0. The van der Waals surface area contributed by atoms with Gasteiger partial charge in [0.05, 0.1) is 25.8 Å². The van der Waals surface area contributed by atoms with Gasteiger partial charge in [0, 0.05) is 5.69 Å². The van der Waals surface area contributed by atoms with Gasteiger partial charge in [0.25, 0.3) is 0 Å². The first-order valence-corrected chi connectivity index (χ1v) is 7.45. The minimum atomic E-state index is 0. The smallest absolute Gasteiger partial charge is 0.193 e. The van der Waals surface area contributed by atoms with E-state index in [0.29, 0.717) is 23.3 Å². The number of rotatable bonds is 5. The van der Waals surface area contributed by atoms with Crippen molar-refractivity contribution >= 4 is 47.2 Å². The molecule has 0 amide bonds. The summed E-state index contributed by atoms with van der Waals surface area (Å²) in [6.45, 7) is 2.45. The van der Waals surface area contributed by atoms with Gasteiger partial charge in [-0.3, -0.25) is 0 Å². The number of aliphatic imine (C=N–C) groups is 1. The van der Waals surface area contributed by atoms with Crippen LogP contribution in [0.2, 0.25) is 5.02 Å². The van der Waals surface area contributed by atoms with Gasteiger partial charge in [-0.2, -0.15) is 0 Å². The molecule has 0 radical (unpaired) electrons. The highest BCUT2D eigenvalue weighted by atomic mass is 127. The van der Waals surface area contributed by atoms with Gasteiger partial charge in [-0.1, -0.05) is 23.7 Å². The Kier molecular flexibility index (Phi) is 8.14. The van der Waals surface area contributed by atoms with E-state index in [4.69, 9.17) is 26.8 Å². The molecule has 24 heavy (non-hydrogen) atoms. The largest absolute Gasteiger partial charge is 0.496 e. The Balaban J connectivity index is 0.00000288. The molecule has 2 rings (SSSR count). The van der Waals surface area contributed by atoms with Gasteiger partial charge in [0.1, 0.15) is 11.5 Å². The maximum Gasteiger partial charge on any atom is 0.193 e. The second-order valence-corrected chi connectivity index (χ2v) is 5.39. The highest BCUT2D eigenvalue weighted by Gasteiger charge is 2.03. The van der Waals surface area contributed by atoms with Crippen LogP contribution in [0.25, 0.3) is 0 Å². The summed E-state index contributed by atoms with van der Waals surface area (Å²) in [4.78, 5) is 4.32. The zero-order chi connectivity index (χ0) is 16.8. The number of nitrogens with zero attached hydrogens (tertiary/aromatic N) is 1. The molecule has 7 heteroatoms. The predicted octanol–water partition coefficient (Wildman–Crippen LogP) is 4.21. The number of benzene rings is 2. The molecular formula is C17H21ClIN3O2. The zero-order valence-corrected chi connectivity index (χ0v) is 16.9. The van der Waals surface area contributed by atoms with Crippen LogP contribution < -0.4 is 20.5 Å². The van der Waals surface area contributed by atoms with Crippen molar-refractivity contribution in [3.8, 4) is 11.5 Å². The van der Waals surface area contributed by atoms with Gasteiger partial charge in [-0.25, -0.2) is 4.99 Å². The molecule has 0 heterocycles. The quantitative estimate of drug-likeness (QED) is 0.398. The molecule has 0 spiro atoms. The normalized spacial score (nSPS) is 10.8. The Hall–Kier alpha value is -1.67. The molecule has 3 N–H and O–H groups in total. The minimum Gasteiger partial charge on any atom is -0.496 e. The van der Waals surface area contributed by atoms with Crippen molar-refractivity contribution in [2.45, 2.75) is 13.5 Å². The highest BCUT2D eigenvalue weighted by molar-refractivity contribution is 14.0. The molecule has 0 aliphatic heterocycles. The molecule has 0 aliphatic rings. The molecule has 2 aromatic carbocycles. The lowest BCUT2D eigenvalue weighted by Gasteiger charge is -2.09. The SMILES string of the molecule is COc1cc(CN=C(N)Nc2ccc(OC)c(Cl)c2)ccc1C.I. The van der Waals surface area contributed by atoms with Gasteiger partial charge in [-0.15, -0.1) is 24.0 Å². The third kappa shape index (κ3) is 5.45. The van der Waals surface area contributed by atoms with Crippen molar-refractivity contribution in [1.82, 2.24) is 0 Å². The summed E-state index contributed by atoms with van der Waals surface area (Å²) in [7, 11) is 3.22. The number of ether oxygens (including phenoxy) is 2. The van der Waals surface area contributed by atoms with Crippen LogP contribution in [-0.4, -0.2) is 20.2 Å². The van der Waals surface area contributed by atoms with E-state index < -0.39 is 0 Å². The molecule has 0 atom stereocenters. The van der Waals surface area contributed by atoms with Crippen LogP contribution in [0.15, 0.2) is 41.4 Å². The fourth-order valence-electron chi connectivity index (χ4n) is 2.07. The Morgan fingerprint density at radius 3 is 2.46 bits per heavy atom. The summed E-state index contributed by atoms with van der Waals surface area (Å²) in [6.07, 6.45) is 0. The number of halogens is 2. The molecule has 0 unspecified atom stereocenters. The number of hydrogen-bond donors (Lipinski definition) is 2. The zero-order valence-electron chi connectivity index (χ0n) is 13.8. The molecule has 130 valence electrons. The second-order valence-electron chi connectivity index (χ2n) is 4.98. The number of nitrogens with one attached hydrogen (secondary N) is 1. The fourth-order valence-corrected chi connectivity index (χ4v) is 2.33. The highest BCUT2D eigenvalue weighted by Crippen LogP contribution is 2.27. The Bertz CT molecular complexity index is 723. The van der Waals surface area contributed by atoms with Crippen molar-refractivity contribution in [1.29, 1.82) is 0 Å². The average molecular weight is 462 g/mol. The van der Waals surface area contributed by atoms with E-state index in [0.717, 1.165) is 22.6 Å². The monoisotopic (exact) mass is 461 g/mol. The molecular weight excluding hydrogens is 441 g/mol. The van der Waals surface area contributed by atoms with E-state index in [9.17, 15) is 0 Å². The maximum atomic E-state index is 6.07. The molecule has 0 aromatic heterocycles. The molecule has 0 bridgehead atoms. The molecule has 2 aromatic rings. The topological polar surface area (TPSA) is 68.9 Å². The lowest BCUT2D eigenvalue weighted by Crippen LogP contribution is -2.22. The number of hydrogen-bond acceptors (Lipinski definition) is 3. The summed E-state index contributed by atoms with van der Waals surface area (Å²) in [5.74, 6) is 1.76. The van der Waals surface area contributed by atoms with Gasteiger partial charge < -0.3 is 20.5 Å². The van der Waals surface area contributed by atoms with E-state index >= 15 is 0 Å². The van der Waals surface area contributed by atoms with E-state index in [2.05, 4.69) is 10.3 Å². The van der Waals surface area contributed by atoms with Crippen LogP contribution in [-0.2, 0) is 6.54 Å². The summed E-state index contributed by atoms with van der Waals surface area (Å²) < 4.78 is 10.4. The summed E-state index contributed by atoms with van der Waals surface area (Å²) in [5.41, 5.74) is 8.76. The summed E-state index contributed by atoms with van der Waals surface area (Å²) >= 11 is 6.07. The Morgan fingerprint density at radius 1 is 1.12 bits per heavy atom. The third-order valence-electron chi connectivity index (χ3n) is 3.33. The van der Waals surface area contributed by atoms with Crippen molar-refractivity contribution in [2.24, 2.45) is 10.7 Å². The second kappa shape index (κ2) is 9.58. The molecule has 0 saturated heterocycles. The summed E-state index contributed by atoms with van der Waals surface area (Å²) in [5, 5.41) is 3.51. The lowest BCUT2D eigenvalue weighted by atomic mass is 10.1. The van der Waals surface area contributed by atoms with Crippen LogP contribution >= 0.6 is 35.6 Å². The van der Waals surface area contributed by atoms with Crippen LogP contribution in [0.3, 0.4) is 0 Å². The van der Waals surface area contributed by atoms with Gasteiger partial charge in [0.15, 0.2) is 5.96 Å². The number of anilines is 1. The standard InChI is InChI=1S/C17H20ClN3O2.HI/c1-11-4-5-12(8-16(11)23-3)10-20-17(19)21-13-6-7-15(22-2)14(18)9-13;/h4-9H,10H2,1-3H3,(H3,19,20,21);1H. The predicted molar refractivity (Wildman–Crippen MR) is 110 cm³/mol. The van der Waals surface area contributed by atoms with Crippen molar-refractivity contribution in [3.05, 3.63) is 52.5 Å². The lowest BCUT2D eigenvalue weighted by molar-refractivity contribution is 0.411. The van der Waals surface area contributed by atoms with Gasteiger partial charge in [0.2, 0.25) is 0 Å². The van der Waals surface area contributed by atoms with Crippen LogP contribution in [0.5, 0.6) is 11.5 Å². The number of methoxy groups -OCH3 is 2. The third-order valence-corrected chi connectivity index (χ3v) is 3.62. The van der Waals surface area contributed by atoms with Crippen molar-refractivity contribution < 1.29 is 9.47 Å². The Labute approximate surface area is 164 Å². The summed E-state index contributed by atoms with van der Waals surface area (Å²) in [6, 6.07) is 11.3. The number of nitrogens with two attached hydrogens (primary N) is 1. The first kappa shape index (κ1) is 20.4. The van der Waals surface area contributed by atoms with E-state index in [1.807, 2.05) is 31.2 Å². The van der Waals surface area contributed by atoms with E-state index in [-0.39, 0.29) is 24.0 Å². The van der Waals surface area contributed by atoms with Crippen molar-refractivity contribution in [2.75, 3.05) is 19.5 Å². The average Bonchev–Trinajstić information content (AvgIpc) is 2.54. The molecule has 0 saturated carbocycles. The van der Waals surface area contributed by atoms with Gasteiger partial charge in [-0.05, 0) is 42.3 Å².